The van der Waals surface area contributed by atoms with E-state index in [1.54, 1.807) is 0 Å². The molecular formula is C14H24ClN3. The van der Waals surface area contributed by atoms with Crippen LogP contribution in [0.3, 0.4) is 0 Å². The fourth-order valence-electron chi connectivity index (χ4n) is 1.72. The van der Waals surface area contributed by atoms with E-state index in [0.29, 0.717) is 6.04 Å². The summed E-state index contributed by atoms with van der Waals surface area (Å²) in [5, 5.41) is 4.08. The SMILES string of the molecule is CCCNCc1cnc(N(C)C(C)CC)c(Cl)c1. The molecule has 0 aliphatic rings. The summed E-state index contributed by atoms with van der Waals surface area (Å²) in [6.07, 6.45) is 4.12. The van der Waals surface area contributed by atoms with Gasteiger partial charge in [-0.3, -0.25) is 0 Å². The predicted molar refractivity (Wildman–Crippen MR) is 79.4 cm³/mol. The fraction of sp³-hybridized carbons (Fsp3) is 0.643. The first kappa shape index (κ1) is 15.3. The van der Waals surface area contributed by atoms with E-state index in [1.165, 1.54) is 0 Å². The van der Waals surface area contributed by atoms with Crippen LogP contribution >= 0.6 is 11.6 Å². The monoisotopic (exact) mass is 269 g/mol. The van der Waals surface area contributed by atoms with Crippen molar-refractivity contribution in [3.8, 4) is 0 Å². The van der Waals surface area contributed by atoms with Crippen molar-refractivity contribution in [2.75, 3.05) is 18.5 Å². The highest BCUT2D eigenvalue weighted by Gasteiger charge is 2.13. The van der Waals surface area contributed by atoms with Gasteiger partial charge in [-0.15, -0.1) is 0 Å². The van der Waals surface area contributed by atoms with Gasteiger partial charge in [0.05, 0.1) is 5.02 Å². The van der Waals surface area contributed by atoms with Crippen molar-refractivity contribution in [3.05, 3.63) is 22.8 Å². The van der Waals surface area contributed by atoms with Crippen LogP contribution in [0.2, 0.25) is 5.02 Å². The highest BCUT2D eigenvalue weighted by Crippen LogP contribution is 2.25. The molecule has 102 valence electrons. The summed E-state index contributed by atoms with van der Waals surface area (Å²) in [6, 6.07) is 2.45. The van der Waals surface area contributed by atoms with Gasteiger partial charge in [0, 0.05) is 25.8 Å². The second kappa shape index (κ2) is 7.59. The predicted octanol–water partition coefficient (Wildman–Crippen LogP) is 3.47. The molecule has 0 amide bonds. The second-order valence-corrected chi connectivity index (χ2v) is 5.10. The maximum atomic E-state index is 6.31. The van der Waals surface area contributed by atoms with Crippen LogP contribution in [0, 0.1) is 0 Å². The molecule has 1 N–H and O–H groups in total. The number of hydrogen-bond donors (Lipinski definition) is 1. The molecule has 0 bridgehead atoms. The van der Waals surface area contributed by atoms with E-state index in [2.05, 4.69) is 36.0 Å². The number of nitrogens with one attached hydrogen (secondary N) is 1. The summed E-state index contributed by atoms with van der Waals surface area (Å²) in [7, 11) is 2.04. The van der Waals surface area contributed by atoms with Crippen LogP contribution in [0.1, 0.15) is 39.2 Å². The Hall–Kier alpha value is -0.800. The van der Waals surface area contributed by atoms with Gasteiger partial charge < -0.3 is 10.2 Å². The third-order valence-electron chi connectivity index (χ3n) is 3.22. The van der Waals surface area contributed by atoms with Gasteiger partial charge in [-0.05, 0) is 37.9 Å². The maximum Gasteiger partial charge on any atom is 0.147 e. The Balaban J connectivity index is 2.73. The Morgan fingerprint density at radius 1 is 1.44 bits per heavy atom. The zero-order chi connectivity index (χ0) is 13.5. The van der Waals surface area contributed by atoms with Gasteiger partial charge in [-0.1, -0.05) is 25.4 Å². The van der Waals surface area contributed by atoms with Gasteiger partial charge in [0.2, 0.25) is 0 Å². The van der Waals surface area contributed by atoms with Gasteiger partial charge >= 0.3 is 0 Å². The lowest BCUT2D eigenvalue weighted by atomic mass is 10.2. The zero-order valence-corrected chi connectivity index (χ0v) is 12.6. The first-order valence-corrected chi connectivity index (χ1v) is 7.05. The largest absolute Gasteiger partial charge is 0.356 e. The normalized spacial score (nSPS) is 12.5. The number of hydrogen-bond acceptors (Lipinski definition) is 3. The summed E-state index contributed by atoms with van der Waals surface area (Å²) in [4.78, 5) is 6.61. The Bertz CT molecular complexity index is 368. The Kier molecular flexibility index (Phi) is 6.44. The molecule has 0 saturated carbocycles. The molecule has 0 aromatic carbocycles. The number of halogens is 1. The average Bonchev–Trinajstić information content (AvgIpc) is 2.37. The maximum absolute atomic E-state index is 6.31. The van der Waals surface area contributed by atoms with Crippen molar-refractivity contribution in [2.24, 2.45) is 0 Å². The molecule has 4 heteroatoms. The summed E-state index contributed by atoms with van der Waals surface area (Å²) < 4.78 is 0. The van der Waals surface area contributed by atoms with E-state index in [9.17, 15) is 0 Å². The number of aromatic nitrogens is 1. The number of pyridine rings is 1. The number of nitrogens with zero attached hydrogens (tertiary/aromatic N) is 2. The minimum atomic E-state index is 0.444. The molecule has 18 heavy (non-hydrogen) atoms. The lowest BCUT2D eigenvalue weighted by Crippen LogP contribution is -2.29. The van der Waals surface area contributed by atoms with E-state index in [1.807, 2.05) is 19.3 Å². The van der Waals surface area contributed by atoms with E-state index in [-0.39, 0.29) is 0 Å². The van der Waals surface area contributed by atoms with Crippen molar-refractivity contribution >= 4 is 17.4 Å². The molecule has 0 fully saturated rings. The summed E-state index contributed by atoms with van der Waals surface area (Å²) in [6.45, 7) is 8.34. The quantitative estimate of drug-likeness (QED) is 0.769. The fourth-order valence-corrected chi connectivity index (χ4v) is 2.04. The van der Waals surface area contributed by atoms with Crippen LogP contribution in [0.5, 0.6) is 0 Å². The van der Waals surface area contributed by atoms with Gasteiger partial charge in [0.25, 0.3) is 0 Å². The molecule has 3 nitrogen and oxygen atoms in total. The van der Waals surface area contributed by atoms with Gasteiger partial charge in [0.15, 0.2) is 0 Å². The van der Waals surface area contributed by atoms with Crippen LogP contribution in [-0.2, 0) is 6.54 Å². The zero-order valence-electron chi connectivity index (χ0n) is 11.8. The lowest BCUT2D eigenvalue weighted by molar-refractivity contribution is 0.654. The molecule has 0 aliphatic heterocycles. The van der Waals surface area contributed by atoms with E-state index in [4.69, 9.17) is 11.6 Å². The van der Waals surface area contributed by atoms with Crippen LogP contribution in [0.25, 0.3) is 0 Å². The molecule has 0 radical (unpaired) electrons. The van der Waals surface area contributed by atoms with Gasteiger partial charge in [0.1, 0.15) is 5.82 Å². The van der Waals surface area contributed by atoms with Crippen molar-refractivity contribution in [2.45, 2.75) is 46.2 Å². The van der Waals surface area contributed by atoms with Crippen molar-refractivity contribution < 1.29 is 0 Å². The summed E-state index contributed by atoms with van der Waals surface area (Å²) >= 11 is 6.31. The molecule has 0 spiro atoms. The van der Waals surface area contributed by atoms with Crippen LogP contribution in [0.4, 0.5) is 5.82 Å². The Morgan fingerprint density at radius 3 is 2.72 bits per heavy atom. The van der Waals surface area contributed by atoms with Crippen LogP contribution < -0.4 is 10.2 Å². The molecule has 0 saturated heterocycles. The van der Waals surface area contributed by atoms with E-state index >= 15 is 0 Å². The van der Waals surface area contributed by atoms with Crippen LogP contribution in [-0.4, -0.2) is 24.6 Å². The molecule has 1 aromatic heterocycles. The number of anilines is 1. The standard InChI is InChI=1S/C14H24ClN3/c1-5-7-16-9-12-8-13(15)14(17-10-12)18(4)11(3)6-2/h8,10-11,16H,5-7,9H2,1-4H3. The third-order valence-corrected chi connectivity index (χ3v) is 3.50. The van der Waals surface area contributed by atoms with Gasteiger partial charge in [-0.2, -0.15) is 0 Å². The summed E-state index contributed by atoms with van der Waals surface area (Å²) in [5.74, 6) is 0.866. The van der Waals surface area contributed by atoms with Crippen molar-refractivity contribution in [1.29, 1.82) is 0 Å². The molecule has 0 aliphatic carbocycles. The second-order valence-electron chi connectivity index (χ2n) is 4.69. The van der Waals surface area contributed by atoms with E-state index in [0.717, 1.165) is 42.3 Å². The molecule has 1 rings (SSSR count). The minimum absolute atomic E-state index is 0.444. The van der Waals surface area contributed by atoms with Crippen LogP contribution in [0.15, 0.2) is 12.3 Å². The minimum Gasteiger partial charge on any atom is -0.356 e. The average molecular weight is 270 g/mol. The third kappa shape index (κ3) is 4.14. The molecular weight excluding hydrogens is 246 g/mol. The lowest BCUT2D eigenvalue weighted by Gasteiger charge is -2.25. The smallest absolute Gasteiger partial charge is 0.147 e. The topological polar surface area (TPSA) is 28.2 Å². The Morgan fingerprint density at radius 2 is 2.17 bits per heavy atom. The molecule has 1 aromatic rings. The summed E-state index contributed by atoms with van der Waals surface area (Å²) in [5.41, 5.74) is 1.13. The van der Waals surface area contributed by atoms with Gasteiger partial charge in [-0.25, -0.2) is 4.98 Å². The van der Waals surface area contributed by atoms with Crippen molar-refractivity contribution in [3.63, 3.8) is 0 Å². The highest BCUT2D eigenvalue weighted by molar-refractivity contribution is 6.33. The first-order valence-electron chi connectivity index (χ1n) is 6.68. The van der Waals surface area contributed by atoms with Crippen molar-refractivity contribution in [1.82, 2.24) is 10.3 Å². The molecule has 1 heterocycles. The number of rotatable bonds is 7. The highest BCUT2D eigenvalue weighted by atomic mass is 35.5. The van der Waals surface area contributed by atoms with E-state index < -0.39 is 0 Å². The Labute approximate surface area is 116 Å². The molecule has 1 unspecified atom stereocenters. The molecule has 1 atom stereocenters. The first-order chi connectivity index (χ1) is 8.60.